The number of aryl methyl sites for hydroxylation is 1. The summed E-state index contributed by atoms with van der Waals surface area (Å²) in [5, 5.41) is 11.9. The summed E-state index contributed by atoms with van der Waals surface area (Å²) in [4.78, 5) is 15.9. The van der Waals surface area contributed by atoms with Gasteiger partial charge in [0.2, 0.25) is 0 Å². The highest BCUT2D eigenvalue weighted by molar-refractivity contribution is 7.10. The molecule has 94 valence electrons. The van der Waals surface area contributed by atoms with E-state index in [9.17, 15) is 9.90 Å². The highest BCUT2D eigenvalue weighted by atomic mass is 32.1. The van der Waals surface area contributed by atoms with Gasteiger partial charge in [0.25, 0.3) is 0 Å². The van der Waals surface area contributed by atoms with E-state index in [1.807, 2.05) is 24.4 Å². The van der Waals surface area contributed by atoms with Crippen LogP contribution in [0, 0.1) is 6.92 Å². The number of thiazole rings is 1. The number of carbonyl (C=O) groups is 1. The Morgan fingerprint density at radius 2 is 2.28 bits per heavy atom. The lowest BCUT2D eigenvalue weighted by molar-refractivity contribution is -0.147. The van der Waals surface area contributed by atoms with Gasteiger partial charge < -0.3 is 9.52 Å². The largest absolute Gasteiger partial charge is 0.481 e. The molecule has 2 heterocycles. The van der Waals surface area contributed by atoms with Gasteiger partial charge in [-0.1, -0.05) is 6.42 Å². The summed E-state index contributed by atoms with van der Waals surface area (Å²) in [5.74, 6) is 0.774. The lowest BCUT2D eigenvalue weighted by Gasteiger charge is -2.35. The van der Waals surface area contributed by atoms with E-state index in [1.54, 1.807) is 0 Å². The zero-order valence-electron chi connectivity index (χ0n) is 9.97. The quantitative estimate of drug-likeness (QED) is 0.923. The maximum atomic E-state index is 11.4. The minimum Gasteiger partial charge on any atom is -0.481 e. The molecule has 3 rings (SSSR count). The van der Waals surface area contributed by atoms with Crippen molar-refractivity contribution in [2.24, 2.45) is 0 Å². The van der Waals surface area contributed by atoms with E-state index in [1.165, 1.54) is 11.3 Å². The number of carboxylic acids is 1. The minimum absolute atomic E-state index is 0.687. The average Bonchev–Trinajstić information content (AvgIpc) is 2.84. The fraction of sp³-hybridized carbons (Fsp3) is 0.385. The summed E-state index contributed by atoms with van der Waals surface area (Å²) in [5.41, 5.74) is -0.0134. The Kier molecular flexibility index (Phi) is 2.52. The van der Waals surface area contributed by atoms with Crippen molar-refractivity contribution in [3.8, 4) is 11.5 Å². The molecule has 1 N–H and O–H groups in total. The third-order valence-electron chi connectivity index (χ3n) is 3.52. The molecule has 0 unspecified atom stereocenters. The van der Waals surface area contributed by atoms with Crippen LogP contribution in [-0.2, 0) is 10.2 Å². The number of hydrogen-bond acceptors (Lipinski definition) is 4. The monoisotopic (exact) mass is 263 g/mol. The summed E-state index contributed by atoms with van der Waals surface area (Å²) < 4.78 is 5.50. The molecule has 1 saturated carbocycles. The van der Waals surface area contributed by atoms with Crippen LogP contribution in [0.2, 0.25) is 0 Å². The third kappa shape index (κ3) is 1.58. The van der Waals surface area contributed by atoms with E-state index < -0.39 is 11.4 Å². The van der Waals surface area contributed by atoms with E-state index in [0.29, 0.717) is 23.6 Å². The van der Waals surface area contributed by atoms with Gasteiger partial charge in [-0.05, 0) is 31.9 Å². The average molecular weight is 263 g/mol. The number of aliphatic carboxylic acids is 1. The van der Waals surface area contributed by atoms with Gasteiger partial charge in [0, 0.05) is 5.38 Å². The van der Waals surface area contributed by atoms with Gasteiger partial charge in [-0.2, -0.15) is 0 Å². The highest BCUT2D eigenvalue weighted by Crippen LogP contribution is 2.45. The fourth-order valence-electron chi connectivity index (χ4n) is 2.23. The smallest absolute Gasteiger partial charge is 0.316 e. The number of hydrogen-bond donors (Lipinski definition) is 1. The van der Waals surface area contributed by atoms with E-state index in [2.05, 4.69) is 4.98 Å². The van der Waals surface area contributed by atoms with Crippen molar-refractivity contribution in [1.82, 2.24) is 4.98 Å². The van der Waals surface area contributed by atoms with Crippen molar-refractivity contribution in [3.05, 3.63) is 28.3 Å². The maximum Gasteiger partial charge on any atom is 0.316 e. The number of furan rings is 1. The Hall–Kier alpha value is -1.62. The number of nitrogens with zero attached hydrogens (tertiary/aromatic N) is 1. The van der Waals surface area contributed by atoms with Crippen molar-refractivity contribution in [1.29, 1.82) is 0 Å². The molecule has 1 fully saturated rings. The second-order valence-electron chi connectivity index (χ2n) is 4.69. The molecule has 0 spiro atoms. The molecule has 0 aliphatic heterocycles. The maximum absolute atomic E-state index is 11.4. The van der Waals surface area contributed by atoms with Crippen molar-refractivity contribution in [2.45, 2.75) is 31.6 Å². The molecule has 2 aromatic rings. The van der Waals surface area contributed by atoms with Gasteiger partial charge in [0.05, 0.1) is 0 Å². The molecule has 0 saturated heterocycles. The zero-order chi connectivity index (χ0) is 12.8. The first-order chi connectivity index (χ1) is 8.62. The first kappa shape index (κ1) is 11.5. The molecule has 1 aliphatic rings. The molecule has 2 aromatic heterocycles. The first-order valence-corrected chi connectivity index (χ1v) is 6.76. The molecule has 0 aromatic carbocycles. The predicted molar refractivity (Wildman–Crippen MR) is 67.7 cm³/mol. The predicted octanol–water partition coefficient (Wildman–Crippen LogP) is 3.22. The van der Waals surface area contributed by atoms with Crippen molar-refractivity contribution >= 4 is 17.3 Å². The molecule has 0 radical (unpaired) electrons. The molecule has 18 heavy (non-hydrogen) atoms. The summed E-state index contributed by atoms with van der Waals surface area (Å²) in [7, 11) is 0. The summed E-state index contributed by atoms with van der Waals surface area (Å²) in [6, 6.07) is 3.74. The molecule has 0 atom stereocenters. The van der Waals surface area contributed by atoms with Gasteiger partial charge in [-0.25, -0.2) is 4.98 Å². The Morgan fingerprint density at radius 3 is 2.78 bits per heavy atom. The van der Waals surface area contributed by atoms with E-state index in [-0.39, 0.29) is 0 Å². The minimum atomic E-state index is -0.759. The van der Waals surface area contributed by atoms with E-state index in [0.717, 1.165) is 17.9 Å². The van der Waals surface area contributed by atoms with E-state index >= 15 is 0 Å². The van der Waals surface area contributed by atoms with Crippen molar-refractivity contribution in [2.75, 3.05) is 0 Å². The second kappa shape index (κ2) is 3.95. The van der Waals surface area contributed by atoms with Crippen LogP contribution in [0.15, 0.2) is 21.9 Å². The lowest BCUT2D eigenvalue weighted by atomic mass is 9.69. The number of carboxylic acid groups (broad SMARTS) is 1. The standard InChI is InChI=1S/C13H13NO3S/c1-8-3-4-10(17-8)9-7-18-11(14-9)13(12(15)16)5-2-6-13/h3-4,7H,2,5-6H2,1H3,(H,15,16). The summed E-state index contributed by atoms with van der Waals surface area (Å²) >= 11 is 1.41. The summed E-state index contributed by atoms with van der Waals surface area (Å²) in [6.45, 7) is 1.88. The van der Waals surface area contributed by atoms with Crippen LogP contribution in [0.3, 0.4) is 0 Å². The van der Waals surface area contributed by atoms with Crippen molar-refractivity contribution in [3.63, 3.8) is 0 Å². The Morgan fingerprint density at radius 1 is 1.50 bits per heavy atom. The molecule has 1 aliphatic carbocycles. The lowest BCUT2D eigenvalue weighted by Crippen LogP contribution is -2.42. The number of rotatable bonds is 3. The molecule has 4 nitrogen and oxygen atoms in total. The number of aromatic nitrogens is 1. The van der Waals surface area contributed by atoms with Crippen LogP contribution < -0.4 is 0 Å². The summed E-state index contributed by atoms with van der Waals surface area (Å²) in [6.07, 6.45) is 2.33. The Labute approximate surface area is 108 Å². The van der Waals surface area contributed by atoms with Crippen LogP contribution in [0.4, 0.5) is 0 Å². The zero-order valence-corrected chi connectivity index (χ0v) is 10.8. The van der Waals surface area contributed by atoms with E-state index in [4.69, 9.17) is 4.42 Å². The van der Waals surface area contributed by atoms with Gasteiger partial charge in [-0.15, -0.1) is 11.3 Å². The second-order valence-corrected chi connectivity index (χ2v) is 5.55. The molecule has 0 amide bonds. The topological polar surface area (TPSA) is 63.3 Å². The Balaban J connectivity index is 1.96. The van der Waals surface area contributed by atoms with Crippen LogP contribution in [0.1, 0.15) is 30.0 Å². The van der Waals surface area contributed by atoms with Crippen LogP contribution in [0.25, 0.3) is 11.5 Å². The van der Waals surface area contributed by atoms with Gasteiger partial charge in [-0.3, -0.25) is 4.79 Å². The molecule has 5 heteroatoms. The Bertz CT molecular complexity index is 595. The van der Waals surface area contributed by atoms with Gasteiger partial charge in [0.1, 0.15) is 21.9 Å². The van der Waals surface area contributed by atoms with Crippen LogP contribution in [-0.4, -0.2) is 16.1 Å². The molecular formula is C13H13NO3S. The molecule has 0 bridgehead atoms. The third-order valence-corrected chi connectivity index (χ3v) is 4.57. The fourth-order valence-corrected chi connectivity index (χ4v) is 3.29. The van der Waals surface area contributed by atoms with Gasteiger partial charge in [0.15, 0.2) is 5.76 Å². The van der Waals surface area contributed by atoms with Crippen LogP contribution in [0.5, 0.6) is 0 Å². The van der Waals surface area contributed by atoms with Gasteiger partial charge >= 0.3 is 5.97 Å². The van der Waals surface area contributed by atoms with Crippen LogP contribution >= 0.6 is 11.3 Å². The SMILES string of the molecule is Cc1ccc(-c2csc(C3(C(=O)O)CCC3)n2)o1. The highest BCUT2D eigenvalue weighted by Gasteiger charge is 2.48. The first-order valence-electron chi connectivity index (χ1n) is 5.88. The normalized spacial score (nSPS) is 17.4. The van der Waals surface area contributed by atoms with Crippen molar-refractivity contribution < 1.29 is 14.3 Å². The molecular weight excluding hydrogens is 250 g/mol.